The Bertz CT molecular complexity index is 648. The first-order valence-electron chi connectivity index (χ1n) is 9.31. The molecule has 0 spiro atoms. The zero-order valence-corrected chi connectivity index (χ0v) is 16.0. The van der Waals surface area contributed by atoms with Crippen molar-refractivity contribution in [1.82, 2.24) is 14.7 Å². The summed E-state index contributed by atoms with van der Waals surface area (Å²) in [5.41, 5.74) is 0.940. The van der Waals surface area contributed by atoms with E-state index in [4.69, 9.17) is 23.2 Å². The van der Waals surface area contributed by atoms with Crippen LogP contribution < -0.4 is 0 Å². The van der Waals surface area contributed by atoms with Crippen molar-refractivity contribution in [2.24, 2.45) is 0 Å². The van der Waals surface area contributed by atoms with Crippen molar-refractivity contribution in [1.29, 1.82) is 0 Å². The summed E-state index contributed by atoms with van der Waals surface area (Å²) in [5, 5.41) is 1.05. The quantitative estimate of drug-likeness (QED) is 0.805. The molecule has 4 nitrogen and oxygen atoms in total. The van der Waals surface area contributed by atoms with E-state index in [0.29, 0.717) is 28.5 Å². The Morgan fingerprint density at radius 3 is 2.56 bits per heavy atom. The van der Waals surface area contributed by atoms with Gasteiger partial charge in [0.05, 0.1) is 22.5 Å². The lowest BCUT2D eigenvalue weighted by molar-refractivity contribution is -0.139. The van der Waals surface area contributed by atoms with Crippen LogP contribution >= 0.6 is 23.2 Å². The molecular weight excluding hydrogens is 357 g/mol. The van der Waals surface area contributed by atoms with Gasteiger partial charge >= 0.3 is 0 Å². The number of likely N-dealkylation sites (tertiary alicyclic amines) is 1. The third kappa shape index (κ3) is 3.68. The van der Waals surface area contributed by atoms with Gasteiger partial charge < -0.3 is 4.90 Å². The third-order valence-electron chi connectivity index (χ3n) is 5.96. The predicted molar refractivity (Wildman–Crippen MR) is 101 cm³/mol. The van der Waals surface area contributed by atoms with Crippen molar-refractivity contribution in [3.8, 4) is 0 Å². The Hall–Kier alpha value is -0.810. The molecule has 1 unspecified atom stereocenters. The van der Waals surface area contributed by atoms with Gasteiger partial charge in [0.2, 0.25) is 5.91 Å². The van der Waals surface area contributed by atoms with Gasteiger partial charge in [-0.25, -0.2) is 0 Å². The molecule has 3 aliphatic rings. The SMILES string of the molecule is O=C(Cc1ccc(Cl)c(Cl)c1)N1CCN2CC[C@@H](N3CCCC3)[C@@H]1C2. The number of piperidine rings is 1. The molecule has 3 aliphatic heterocycles. The number of benzene rings is 1. The van der Waals surface area contributed by atoms with Crippen LogP contribution in [0.15, 0.2) is 18.2 Å². The second kappa shape index (κ2) is 7.43. The second-order valence-corrected chi connectivity index (χ2v) is 8.29. The van der Waals surface area contributed by atoms with Gasteiger partial charge in [0.25, 0.3) is 0 Å². The van der Waals surface area contributed by atoms with Gasteiger partial charge in [-0.2, -0.15) is 0 Å². The molecule has 1 amide bonds. The zero-order valence-electron chi connectivity index (χ0n) is 14.5. The average Bonchev–Trinajstić information content (AvgIpc) is 3.13. The minimum atomic E-state index is 0.217. The van der Waals surface area contributed by atoms with Gasteiger partial charge in [-0.1, -0.05) is 29.3 Å². The Morgan fingerprint density at radius 2 is 1.80 bits per heavy atom. The molecular formula is C19H25Cl2N3O. The first-order valence-corrected chi connectivity index (χ1v) is 10.1. The van der Waals surface area contributed by atoms with Crippen molar-refractivity contribution in [3.05, 3.63) is 33.8 Å². The summed E-state index contributed by atoms with van der Waals surface area (Å²) >= 11 is 12.1. The fourth-order valence-electron chi connectivity index (χ4n) is 4.64. The highest BCUT2D eigenvalue weighted by Gasteiger charge is 2.41. The minimum Gasteiger partial charge on any atom is -0.335 e. The van der Waals surface area contributed by atoms with Crippen LogP contribution in [0.2, 0.25) is 10.0 Å². The molecule has 3 heterocycles. The largest absolute Gasteiger partial charge is 0.335 e. The van der Waals surface area contributed by atoms with E-state index < -0.39 is 0 Å². The van der Waals surface area contributed by atoms with Crippen molar-refractivity contribution in [2.45, 2.75) is 37.8 Å². The smallest absolute Gasteiger partial charge is 0.227 e. The van der Waals surface area contributed by atoms with E-state index in [2.05, 4.69) is 14.7 Å². The molecule has 25 heavy (non-hydrogen) atoms. The summed E-state index contributed by atoms with van der Waals surface area (Å²) in [5.74, 6) is 0.217. The van der Waals surface area contributed by atoms with E-state index in [1.54, 1.807) is 6.07 Å². The Kier molecular flexibility index (Phi) is 5.23. The first-order chi connectivity index (χ1) is 12.1. The Balaban J connectivity index is 1.49. The summed E-state index contributed by atoms with van der Waals surface area (Å²) in [4.78, 5) is 20.3. The molecule has 0 N–H and O–H groups in total. The van der Waals surface area contributed by atoms with Gasteiger partial charge in [-0.15, -0.1) is 0 Å². The molecule has 0 saturated carbocycles. The number of carbonyl (C=O) groups excluding carboxylic acids is 1. The topological polar surface area (TPSA) is 26.8 Å². The number of amides is 1. The summed E-state index contributed by atoms with van der Waals surface area (Å²) in [6.07, 6.45) is 4.18. The maximum atomic E-state index is 13.0. The number of fused-ring (bicyclic) bond motifs is 2. The summed E-state index contributed by atoms with van der Waals surface area (Å²) in [6, 6.07) is 6.35. The molecule has 3 saturated heterocycles. The number of halogens is 2. The van der Waals surface area contributed by atoms with Crippen LogP contribution in [-0.2, 0) is 11.2 Å². The fourth-order valence-corrected chi connectivity index (χ4v) is 4.96. The summed E-state index contributed by atoms with van der Waals surface area (Å²) < 4.78 is 0. The maximum absolute atomic E-state index is 13.0. The summed E-state index contributed by atoms with van der Waals surface area (Å²) in [7, 11) is 0. The molecule has 4 rings (SSSR count). The number of piperazine rings is 1. The number of carbonyl (C=O) groups is 1. The normalized spacial score (nSPS) is 29.8. The monoisotopic (exact) mass is 381 g/mol. The highest BCUT2D eigenvalue weighted by molar-refractivity contribution is 6.42. The minimum absolute atomic E-state index is 0.217. The van der Waals surface area contributed by atoms with Crippen LogP contribution in [0.5, 0.6) is 0 Å². The van der Waals surface area contributed by atoms with Gasteiger partial charge in [0.15, 0.2) is 0 Å². The predicted octanol–water partition coefficient (Wildman–Crippen LogP) is 2.92. The van der Waals surface area contributed by atoms with E-state index in [9.17, 15) is 4.79 Å². The molecule has 0 aliphatic carbocycles. The lowest BCUT2D eigenvalue weighted by Crippen LogP contribution is -2.66. The van der Waals surface area contributed by atoms with Gasteiger partial charge in [0.1, 0.15) is 0 Å². The molecule has 136 valence electrons. The molecule has 1 aromatic carbocycles. The number of hydrogen-bond donors (Lipinski definition) is 0. The molecule has 0 aromatic heterocycles. The average molecular weight is 382 g/mol. The molecule has 0 radical (unpaired) electrons. The molecule has 6 heteroatoms. The van der Waals surface area contributed by atoms with Crippen molar-refractivity contribution < 1.29 is 4.79 Å². The van der Waals surface area contributed by atoms with E-state index in [0.717, 1.165) is 25.2 Å². The standard InChI is InChI=1S/C19H25Cl2N3O/c20-15-4-3-14(11-16(15)21)12-19(25)24-10-9-22-8-5-17(18(24)13-22)23-6-1-2-7-23/h3-4,11,17-18H,1-2,5-10,12-13H2/t17-,18+/m1/s1. The van der Waals surface area contributed by atoms with Crippen LogP contribution in [0.25, 0.3) is 0 Å². The Labute approximate surface area is 159 Å². The van der Waals surface area contributed by atoms with Crippen molar-refractivity contribution in [2.75, 3.05) is 39.3 Å². The molecule has 2 bridgehead atoms. The number of nitrogens with zero attached hydrogens (tertiary/aromatic N) is 3. The second-order valence-electron chi connectivity index (χ2n) is 7.48. The van der Waals surface area contributed by atoms with Gasteiger partial charge in [0, 0.05) is 25.7 Å². The highest BCUT2D eigenvalue weighted by Crippen LogP contribution is 2.28. The molecule has 3 atom stereocenters. The maximum Gasteiger partial charge on any atom is 0.227 e. The van der Waals surface area contributed by atoms with Crippen LogP contribution in [-0.4, -0.2) is 72.0 Å². The van der Waals surface area contributed by atoms with Crippen LogP contribution in [0, 0.1) is 0 Å². The molecule has 1 aromatic rings. The van der Waals surface area contributed by atoms with E-state index in [1.807, 2.05) is 12.1 Å². The number of hydrogen-bond acceptors (Lipinski definition) is 3. The van der Waals surface area contributed by atoms with Crippen LogP contribution in [0.1, 0.15) is 24.8 Å². The van der Waals surface area contributed by atoms with Crippen molar-refractivity contribution in [3.63, 3.8) is 0 Å². The highest BCUT2D eigenvalue weighted by atomic mass is 35.5. The van der Waals surface area contributed by atoms with E-state index >= 15 is 0 Å². The summed E-state index contributed by atoms with van der Waals surface area (Å²) in [6.45, 7) is 6.41. The van der Waals surface area contributed by atoms with Crippen LogP contribution in [0.3, 0.4) is 0 Å². The lowest BCUT2D eigenvalue weighted by atomic mass is 9.93. The van der Waals surface area contributed by atoms with Crippen LogP contribution in [0.4, 0.5) is 0 Å². The lowest BCUT2D eigenvalue weighted by Gasteiger charge is -2.51. The van der Waals surface area contributed by atoms with E-state index in [-0.39, 0.29) is 5.91 Å². The third-order valence-corrected chi connectivity index (χ3v) is 6.70. The first kappa shape index (κ1) is 17.6. The van der Waals surface area contributed by atoms with Gasteiger partial charge in [-0.05, 0) is 56.6 Å². The Morgan fingerprint density at radius 1 is 1.00 bits per heavy atom. The fraction of sp³-hybridized carbons (Fsp3) is 0.632. The molecule has 3 fully saturated rings. The zero-order chi connectivity index (χ0) is 17.4. The van der Waals surface area contributed by atoms with Gasteiger partial charge in [-0.3, -0.25) is 14.6 Å². The number of rotatable bonds is 3. The van der Waals surface area contributed by atoms with Crippen molar-refractivity contribution >= 4 is 29.1 Å². The van der Waals surface area contributed by atoms with E-state index in [1.165, 1.54) is 38.9 Å².